The molecule has 0 N–H and O–H groups in total. The Morgan fingerprint density at radius 2 is 1.94 bits per heavy atom. The van der Waals surface area contributed by atoms with Gasteiger partial charge in [-0.25, -0.2) is 18.2 Å². The van der Waals surface area contributed by atoms with Crippen LogP contribution in [0.2, 0.25) is 0 Å². The first-order chi connectivity index (χ1) is 16.3. The predicted octanol–water partition coefficient (Wildman–Crippen LogP) is 4.02. The maximum absolute atomic E-state index is 12.4. The van der Waals surface area contributed by atoms with Crippen LogP contribution in [0.15, 0.2) is 29.4 Å². The molecule has 0 spiro atoms. The van der Waals surface area contributed by atoms with Gasteiger partial charge < -0.3 is 24.0 Å². The number of carbonyl (C=O) groups excluding carboxylic acids is 1. The van der Waals surface area contributed by atoms with E-state index in [9.17, 15) is 13.2 Å². The van der Waals surface area contributed by atoms with Gasteiger partial charge in [0.2, 0.25) is 0 Å². The zero-order valence-corrected chi connectivity index (χ0v) is 21.9. The molecule has 2 aromatic rings. The van der Waals surface area contributed by atoms with Crippen molar-refractivity contribution >= 4 is 27.3 Å². The third-order valence-electron chi connectivity index (χ3n) is 5.96. The van der Waals surface area contributed by atoms with E-state index in [0.29, 0.717) is 44.0 Å². The Kier molecular flexibility index (Phi) is 6.61. The summed E-state index contributed by atoms with van der Waals surface area (Å²) in [5.74, 6) is 1.44. The fourth-order valence-electron chi connectivity index (χ4n) is 4.43. The fourth-order valence-corrected chi connectivity index (χ4v) is 5.32. The van der Waals surface area contributed by atoms with Crippen LogP contribution >= 0.6 is 0 Å². The number of hydrogen-bond acceptors (Lipinski definition) is 8. The summed E-state index contributed by atoms with van der Waals surface area (Å²) >= 11 is 0. The Balaban J connectivity index is 1.56. The van der Waals surface area contributed by atoms with E-state index in [1.165, 1.54) is 0 Å². The van der Waals surface area contributed by atoms with Crippen molar-refractivity contribution in [3.63, 3.8) is 0 Å². The summed E-state index contributed by atoms with van der Waals surface area (Å²) in [6, 6.07) is 5.61. The molecule has 1 fully saturated rings. The van der Waals surface area contributed by atoms with Gasteiger partial charge in [0.15, 0.2) is 14.9 Å². The van der Waals surface area contributed by atoms with Crippen LogP contribution in [0.4, 0.5) is 16.2 Å². The molecule has 0 unspecified atom stereocenters. The van der Waals surface area contributed by atoms with E-state index in [1.54, 1.807) is 18.0 Å². The van der Waals surface area contributed by atoms with E-state index in [4.69, 9.17) is 14.2 Å². The summed E-state index contributed by atoms with van der Waals surface area (Å²) in [6.45, 7) is 11.4. The number of nitrogens with zero attached hydrogens (tertiary/aromatic N) is 3. The van der Waals surface area contributed by atoms with Gasteiger partial charge in [-0.05, 0) is 58.4 Å². The maximum Gasteiger partial charge on any atom is 0.410 e. The number of anilines is 2. The first-order valence-corrected chi connectivity index (χ1v) is 13.6. The van der Waals surface area contributed by atoms with E-state index in [-0.39, 0.29) is 17.2 Å². The number of ether oxygens (including phenoxy) is 3. The third-order valence-corrected chi connectivity index (χ3v) is 7.09. The number of pyridine rings is 1. The smallest absolute Gasteiger partial charge is 0.410 e. The first kappa shape index (κ1) is 25.1. The largest absolute Gasteiger partial charge is 0.490 e. The van der Waals surface area contributed by atoms with Crippen molar-refractivity contribution in [1.29, 1.82) is 0 Å². The minimum absolute atomic E-state index is 0.0827. The normalized spacial score (nSPS) is 18.2. The molecule has 1 aromatic carbocycles. The average Bonchev–Trinajstić information content (AvgIpc) is 3.22. The summed E-state index contributed by atoms with van der Waals surface area (Å²) in [4.78, 5) is 20.4. The van der Waals surface area contributed by atoms with Gasteiger partial charge in [-0.15, -0.1) is 0 Å². The average molecular weight is 504 g/mol. The summed E-state index contributed by atoms with van der Waals surface area (Å²) in [5.41, 5.74) is 2.61. The van der Waals surface area contributed by atoms with Crippen molar-refractivity contribution in [2.45, 2.75) is 57.8 Å². The molecule has 1 amide bonds. The number of fused-ring (bicyclic) bond motifs is 1. The van der Waals surface area contributed by atoms with Crippen LogP contribution in [0, 0.1) is 13.8 Å². The highest BCUT2D eigenvalue weighted by Crippen LogP contribution is 2.43. The number of benzene rings is 1. The minimum Gasteiger partial charge on any atom is -0.490 e. The highest BCUT2D eigenvalue weighted by atomic mass is 32.2. The standard InChI is InChI=1S/C25H33N3O6S/c1-16-13-18(14-26-23(16)35(6,30)31)28-11-12-32-21-8-7-20(17(2)22(21)28)33-19-9-10-27(15-19)24(29)34-25(3,4)5/h7-8,13-14,19H,9-12,15H2,1-6H3/t19-/m0/s1. The van der Waals surface area contributed by atoms with E-state index in [1.807, 2.05) is 45.9 Å². The Hall–Kier alpha value is -3.01. The van der Waals surface area contributed by atoms with Gasteiger partial charge in [-0.3, -0.25) is 0 Å². The van der Waals surface area contributed by atoms with Crippen molar-refractivity contribution in [3.8, 4) is 11.5 Å². The molecule has 9 nitrogen and oxygen atoms in total. The molecule has 10 heteroatoms. The molecule has 1 saturated heterocycles. The van der Waals surface area contributed by atoms with Crippen molar-refractivity contribution in [1.82, 2.24) is 9.88 Å². The van der Waals surface area contributed by atoms with E-state index in [0.717, 1.165) is 28.9 Å². The van der Waals surface area contributed by atoms with Gasteiger partial charge in [0.05, 0.1) is 30.7 Å². The summed E-state index contributed by atoms with van der Waals surface area (Å²) < 4.78 is 41.7. The molecule has 0 saturated carbocycles. The lowest BCUT2D eigenvalue weighted by Crippen LogP contribution is -2.36. The summed E-state index contributed by atoms with van der Waals surface area (Å²) in [6.07, 6.45) is 2.99. The van der Waals surface area contributed by atoms with Crippen molar-refractivity contribution in [3.05, 3.63) is 35.5 Å². The molecule has 3 heterocycles. The van der Waals surface area contributed by atoms with Gasteiger partial charge in [0, 0.05) is 24.8 Å². The Morgan fingerprint density at radius 1 is 1.20 bits per heavy atom. The maximum atomic E-state index is 12.4. The zero-order valence-electron chi connectivity index (χ0n) is 21.1. The topological polar surface area (TPSA) is 98.3 Å². The fraction of sp³-hybridized carbons (Fsp3) is 0.520. The van der Waals surface area contributed by atoms with Crippen molar-refractivity contribution < 1.29 is 27.4 Å². The van der Waals surface area contributed by atoms with Crippen LogP contribution < -0.4 is 14.4 Å². The van der Waals surface area contributed by atoms with Crippen LogP contribution in [0.3, 0.4) is 0 Å². The van der Waals surface area contributed by atoms with E-state index < -0.39 is 15.4 Å². The van der Waals surface area contributed by atoms with Gasteiger partial charge in [-0.2, -0.15) is 0 Å². The molecule has 0 bridgehead atoms. The molecular weight excluding hydrogens is 470 g/mol. The molecule has 35 heavy (non-hydrogen) atoms. The van der Waals surface area contributed by atoms with Crippen LogP contribution in [0.1, 0.15) is 38.3 Å². The van der Waals surface area contributed by atoms with Crippen molar-refractivity contribution in [2.75, 3.05) is 37.4 Å². The number of aromatic nitrogens is 1. The Bertz CT molecular complexity index is 1240. The first-order valence-electron chi connectivity index (χ1n) is 11.7. The van der Waals surface area contributed by atoms with Gasteiger partial charge >= 0.3 is 6.09 Å². The molecular formula is C25H33N3O6S. The second kappa shape index (κ2) is 9.22. The van der Waals surface area contributed by atoms with Crippen LogP contribution in [-0.2, 0) is 14.6 Å². The summed E-state index contributed by atoms with van der Waals surface area (Å²) in [7, 11) is -3.40. The van der Waals surface area contributed by atoms with Gasteiger partial charge in [0.25, 0.3) is 0 Å². The summed E-state index contributed by atoms with van der Waals surface area (Å²) in [5, 5.41) is 0.0827. The lowest BCUT2D eigenvalue weighted by Gasteiger charge is -2.33. The zero-order chi connectivity index (χ0) is 25.5. The number of likely N-dealkylation sites (tertiary alicyclic amines) is 1. The molecule has 1 atom stereocenters. The third kappa shape index (κ3) is 5.47. The quantitative estimate of drug-likeness (QED) is 0.617. The number of carbonyl (C=O) groups is 1. The number of aryl methyl sites for hydroxylation is 1. The molecule has 0 aliphatic carbocycles. The molecule has 2 aliphatic rings. The molecule has 2 aliphatic heterocycles. The number of hydrogen-bond donors (Lipinski definition) is 0. The van der Waals surface area contributed by atoms with Crippen LogP contribution in [0.25, 0.3) is 0 Å². The lowest BCUT2D eigenvalue weighted by molar-refractivity contribution is 0.0275. The Morgan fingerprint density at radius 3 is 2.60 bits per heavy atom. The second-order valence-electron chi connectivity index (χ2n) is 10.1. The molecule has 4 rings (SSSR count). The number of sulfone groups is 1. The Labute approximate surface area is 206 Å². The predicted molar refractivity (Wildman–Crippen MR) is 133 cm³/mol. The van der Waals surface area contributed by atoms with E-state index >= 15 is 0 Å². The van der Waals surface area contributed by atoms with Gasteiger partial charge in [0.1, 0.15) is 29.8 Å². The molecule has 0 radical (unpaired) electrons. The highest BCUT2D eigenvalue weighted by molar-refractivity contribution is 7.90. The van der Waals surface area contributed by atoms with Crippen molar-refractivity contribution in [2.24, 2.45) is 0 Å². The number of amides is 1. The van der Waals surface area contributed by atoms with Gasteiger partial charge in [-0.1, -0.05) is 0 Å². The minimum atomic E-state index is -3.40. The lowest BCUT2D eigenvalue weighted by atomic mass is 10.1. The van der Waals surface area contributed by atoms with E-state index in [2.05, 4.69) is 9.88 Å². The SMILES string of the molecule is Cc1cc(N2CCOc3ccc(O[C@H]4CCN(C(=O)OC(C)(C)C)C4)c(C)c32)cnc1S(C)(=O)=O. The van der Waals surface area contributed by atoms with Crippen LogP contribution in [-0.4, -0.2) is 68.6 Å². The second-order valence-corrected chi connectivity index (χ2v) is 12.0. The molecule has 190 valence electrons. The monoisotopic (exact) mass is 503 g/mol. The number of rotatable bonds is 4. The highest BCUT2D eigenvalue weighted by Gasteiger charge is 2.32. The van der Waals surface area contributed by atoms with Crippen LogP contribution in [0.5, 0.6) is 11.5 Å². The molecule has 1 aromatic heterocycles.